The van der Waals surface area contributed by atoms with Crippen LogP contribution in [0, 0.1) is 6.92 Å². The summed E-state index contributed by atoms with van der Waals surface area (Å²) in [5, 5.41) is 11.6. The smallest absolute Gasteiger partial charge is 0.295 e. The summed E-state index contributed by atoms with van der Waals surface area (Å²) in [5.41, 5.74) is 2.47. The van der Waals surface area contributed by atoms with E-state index in [-0.39, 0.29) is 11.3 Å². The van der Waals surface area contributed by atoms with Crippen LogP contribution < -0.4 is 4.74 Å². The summed E-state index contributed by atoms with van der Waals surface area (Å²) in [5.74, 6) is -0.818. The fourth-order valence-electron chi connectivity index (χ4n) is 5.10. The van der Waals surface area contributed by atoms with Gasteiger partial charge in [-0.2, -0.15) is 0 Å². The van der Waals surface area contributed by atoms with Crippen molar-refractivity contribution in [3.63, 3.8) is 0 Å². The molecule has 0 radical (unpaired) electrons. The highest BCUT2D eigenvalue weighted by Gasteiger charge is 2.46. The van der Waals surface area contributed by atoms with E-state index >= 15 is 0 Å². The number of imidazole rings is 1. The quantitative estimate of drug-likeness (QED) is 0.158. The molecule has 1 saturated heterocycles. The van der Waals surface area contributed by atoms with Crippen molar-refractivity contribution in [2.75, 3.05) is 32.8 Å². The molecular weight excluding hydrogens is 480 g/mol. The fraction of sp³-hybridized carbons (Fsp3) is 0.433. The Kier molecular flexibility index (Phi) is 8.84. The summed E-state index contributed by atoms with van der Waals surface area (Å²) in [7, 11) is 0. The van der Waals surface area contributed by atoms with E-state index in [1.54, 1.807) is 22.4 Å². The van der Waals surface area contributed by atoms with Crippen molar-refractivity contribution in [2.45, 2.75) is 53.0 Å². The van der Waals surface area contributed by atoms with Crippen LogP contribution in [0.2, 0.25) is 0 Å². The topological polar surface area (TPSA) is 87.4 Å². The van der Waals surface area contributed by atoms with Gasteiger partial charge in [-0.1, -0.05) is 45.4 Å². The maximum absolute atomic E-state index is 13.5. The lowest BCUT2D eigenvalue weighted by atomic mass is 9.96. The van der Waals surface area contributed by atoms with Crippen molar-refractivity contribution in [3.05, 3.63) is 71.2 Å². The van der Waals surface area contributed by atoms with Crippen LogP contribution in [0.25, 0.3) is 11.4 Å². The number of aryl methyl sites for hydroxylation is 1. The molecule has 1 amide bonds. The van der Waals surface area contributed by atoms with E-state index < -0.39 is 17.7 Å². The Bertz CT molecular complexity index is 1320. The summed E-state index contributed by atoms with van der Waals surface area (Å²) in [6, 6.07) is 12.3. The van der Waals surface area contributed by atoms with Crippen LogP contribution in [-0.4, -0.2) is 68.8 Å². The van der Waals surface area contributed by atoms with Crippen molar-refractivity contribution in [1.29, 1.82) is 0 Å². The zero-order valence-electron chi connectivity index (χ0n) is 22.8. The first kappa shape index (κ1) is 27.4. The highest BCUT2D eigenvalue weighted by molar-refractivity contribution is 6.46. The van der Waals surface area contributed by atoms with Crippen molar-refractivity contribution in [3.8, 4) is 5.75 Å². The van der Waals surface area contributed by atoms with E-state index in [1.807, 2.05) is 42.5 Å². The summed E-state index contributed by atoms with van der Waals surface area (Å²) in [6.45, 7) is 11.8. The minimum atomic E-state index is -0.727. The van der Waals surface area contributed by atoms with E-state index in [4.69, 9.17) is 4.74 Å². The van der Waals surface area contributed by atoms with Gasteiger partial charge >= 0.3 is 0 Å². The number of hydrogen-bond donors (Lipinski definition) is 1. The van der Waals surface area contributed by atoms with Crippen LogP contribution in [0.3, 0.4) is 0 Å². The highest BCUT2D eigenvalue weighted by atomic mass is 16.5. The Morgan fingerprint density at radius 3 is 2.61 bits per heavy atom. The molecule has 8 heteroatoms. The molecule has 3 heterocycles. The van der Waals surface area contributed by atoms with Crippen LogP contribution in [0.15, 0.2) is 54.2 Å². The minimum Gasteiger partial charge on any atom is -0.505 e. The Balaban J connectivity index is 1.79. The lowest BCUT2D eigenvalue weighted by molar-refractivity contribution is -0.140. The molecular formula is C30H38N4O4. The number of ketones is 1. The number of benzene rings is 1. The number of fused-ring (bicyclic) bond motifs is 1. The minimum absolute atomic E-state index is 0.0808. The number of amides is 1. The second kappa shape index (κ2) is 12.3. The molecule has 0 spiro atoms. The predicted molar refractivity (Wildman–Crippen MR) is 148 cm³/mol. The van der Waals surface area contributed by atoms with E-state index in [0.717, 1.165) is 38.0 Å². The maximum Gasteiger partial charge on any atom is 0.295 e. The summed E-state index contributed by atoms with van der Waals surface area (Å²) in [4.78, 5) is 35.3. The lowest BCUT2D eigenvalue weighted by Gasteiger charge is -2.27. The van der Waals surface area contributed by atoms with Gasteiger partial charge in [0.25, 0.3) is 11.7 Å². The number of unbranched alkanes of at least 4 members (excludes halogenated alkanes) is 1. The molecule has 2 aromatic heterocycles. The molecule has 3 aromatic rings. The SMILES string of the molecule is CCCCOc1cccc(C2C(=C(O)c3c(C)nc4ccccn34)C(=O)C(=O)N2CCCN(CC)CC)c1. The second-order valence-electron chi connectivity index (χ2n) is 9.62. The third-order valence-corrected chi connectivity index (χ3v) is 7.18. The Hall–Kier alpha value is -3.65. The zero-order chi connectivity index (χ0) is 27.2. The van der Waals surface area contributed by atoms with Gasteiger partial charge in [-0.15, -0.1) is 0 Å². The molecule has 0 saturated carbocycles. The largest absolute Gasteiger partial charge is 0.505 e. The van der Waals surface area contributed by atoms with Gasteiger partial charge in [-0.05, 0) is 69.2 Å². The van der Waals surface area contributed by atoms with Crippen molar-refractivity contribution in [2.24, 2.45) is 0 Å². The fourth-order valence-corrected chi connectivity index (χ4v) is 5.10. The van der Waals surface area contributed by atoms with E-state index in [0.29, 0.717) is 42.4 Å². The van der Waals surface area contributed by atoms with Crippen LogP contribution in [0.5, 0.6) is 5.75 Å². The number of nitrogens with zero attached hydrogens (tertiary/aromatic N) is 4. The number of aliphatic hydroxyl groups is 1. The van der Waals surface area contributed by atoms with Crippen molar-refractivity contribution in [1.82, 2.24) is 19.2 Å². The van der Waals surface area contributed by atoms with Gasteiger partial charge in [0, 0.05) is 12.7 Å². The molecule has 1 N–H and O–H groups in total. The number of carbonyl (C=O) groups excluding carboxylic acids is 2. The standard InChI is InChI=1S/C30H38N4O4/c1-5-8-19-38-23-14-11-13-22(20-23)27-25(28(35)26-21(4)31-24-15-9-10-17-33(24)26)29(36)30(37)34(27)18-12-16-32(6-2)7-3/h9-11,13-15,17,20,27,35H,5-8,12,16,18-19H2,1-4H3. The van der Waals surface area contributed by atoms with Gasteiger partial charge in [0.2, 0.25) is 0 Å². The third-order valence-electron chi connectivity index (χ3n) is 7.18. The molecule has 38 heavy (non-hydrogen) atoms. The van der Waals surface area contributed by atoms with E-state index in [2.05, 4.69) is 30.7 Å². The second-order valence-corrected chi connectivity index (χ2v) is 9.62. The normalized spacial score (nSPS) is 17.2. The summed E-state index contributed by atoms with van der Waals surface area (Å²) < 4.78 is 7.68. The Labute approximate surface area is 224 Å². The number of rotatable bonds is 12. The van der Waals surface area contributed by atoms with Crippen molar-refractivity contribution >= 4 is 23.1 Å². The van der Waals surface area contributed by atoms with Gasteiger partial charge in [-0.3, -0.25) is 14.0 Å². The van der Waals surface area contributed by atoms with Gasteiger partial charge in [0.1, 0.15) is 17.1 Å². The first-order chi connectivity index (χ1) is 18.4. The van der Waals surface area contributed by atoms with Gasteiger partial charge in [0.15, 0.2) is 5.76 Å². The monoisotopic (exact) mass is 518 g/mol. The molecule has 1 aliphatic heterocycles. The van der Waals surface area contributed by atoms with Crippen LogP contribution in [0.1, 0.15) is 63.0 Å². The molecule has 1 aromatic carbocycles. The number of aliphatic hydroxyl groups excluding tert-OH is 1. The van der Waals surface area contributed by atoms with Crippen molar-refractivity contribution < 1.29 is 19.4 Å². The average Bonchev–Trinajstić information content (AvgIpc) is 3.39. The number of hydrogen-bond acceptors (Lipinski definition) is 6. The molecule has 0 bridgehead atoms. The molecule has 1 aliphatic rings. The van der Waals surface area contributed by atoms with Gasteiger partial charge in [-0.25, -0.2) is 4.98 Å². The molecule has 8 nitrogen and oxygen atoms in total. The number of ether oxygens (including phenoxy) is 1. The average molecular weight is 519 g/mol. The van der Waals surface area contributed by atoms with Gasteiger partial charge in [0.05, 0.1) is 23.9 Å². The van der Waals surface area contributed by atoms with Gasteiger partial charge < -0.3 is 19.6 Å². The van der Waals surface area contributed by atoms with E-state index in [9.17, 15) is 14.7 Å². The van der Waals surface area contributed by atoms with Crippen LogP contribution in [-0.2, 0) is 9.59 Å². The molecule has 1 fully saturated rings. The number of aromatic nitrogens is 2. The zero-order valence-corrected chi connectivity index (χ0v) is 22.8. The highest BCUT2D eigenvalue weighted by Crippen LogP contribution is 2.41. The molecule has 1 unspecified atom stereocenters. The number of carbonyl (C=O) groups is 2. The third kappa shape index (κ3) is 5.45. The number of likely N-dealkylation sites (tertiary alicyclic amines) is 1. The van der Waals surface area contributed by atoms with Crippen LogP contribution in [0.4, 0.5) is 0 Å². The molecule has 0 aliphatic carbocycles. The number of Topliss-reactive ketones (excluding diaryl/α,β-unsaturated/α-hetero) is 1. The first-order valence-corrected chi connectivity index (χ1v) is 13.6. The summed E-state index contributed by atoms with van der Waals surface area (Å²) >= 11 is 0. The lowest BCUT2D eigenvalue weighted by Crippen LogP contribution is -2.33. The predicted octanol–water partition coefficient (Wildman–Crippen LogP) is 4.98. The Morgan fingerprint density at radius 1 is 1.08 bits per heavy atom. The van der Waals surface area contributed by atoms with E-state index in [1.165, 1.54) is 0 Å². The first-order valence-electron chi connectivity index (χ1n) is 13.6. The van der Waals surface area contributed by atoms with Crippen LogP contribution >= 0.6 is 0 Å². The Morgan fingerprint density at radius 2 is 1.87 bits per heavy atom. The summed E-state index contributed by atoms with van der Waals surface area (Å²) in [6.07, 6.45) is 4.46. The maximum atomic E-state index is 13.5. The molecule has 1 atom stereocenters. The molecule has 4 rings (SSSR count). The molecule has 202 valence electrons. The number of pyridine rings is 1.